The number of aromatic hydroxyl groups is 1. The summed E-state index contributed by atoms with van der Waals surface area (Å²) in [5.41, 5.74) is 1.46. The smallest absolute Gasteiger partial charge is 0.342 e. The molecule has 2 aliphatic heterocycles. The Hall–Kier alpha value is -3.81. The number of Topliss-reactive ketones (excluding diaryl/α,β-unsaturated/α-hetero) is 1. The molecule has 37 heavy (non-hydrogen) atoms. The van der Waals surface area contributed by atoms with Gasteiger partial charge in [0, 0.05) is 24.3 Å². The summed E-state index contributed by atoms with van der Waals surface area (Å²) in [6.07, 6.45) is 6.52. The first-order valence-corrected chi connectivity index (χ1v) is 12.5. The van der Waals surface area contributed by atoms with Gasteiger partial charge in [-0.3, -0.25) is 9.59 Å². The maximum Gasteiger partial charge on any atom is 0.342 e. The highest BCUT2D eigenvalue weighted by Crippen LogP contribution is 2.48. The SMILES string of the molecule is COc1ccc([C@H]2CC(=O)Oc3cc4c(c(O)c32)C(=O)O[C@H](C)CCCC(=O)CCCC=C4)cc1OC. The molecule has 0 fully saturated rings. The third-order valence-corrected chi connectivity index (χ3v) is 6.79. The maximum absolute atomic E-state index is 13.3. The van der Waals surface area contributed by atoms with Crippen LogP contribution in [0.5, 0.6) is 23.0 Å². The molecule has 0 unspecified atom stereocenters. The topological polar surface area (TPSA) is 108 Å². The largest absolute Gasteiger partial charge is 0.507 e. The van der Waals surface area contributed by atoms with Gasteiger partial charge in [-0.2, -0.15) is 0 Å². The fourth-order valence-corrected chi connectivity index (χ4v) is 4.87. The number of phenols is 1. The number of rotatable bonds is 3. The van der Waals surface area contributed by atoms with E-state index in [1.165, 1.54) is 14.2 Å². The number of fused-ring (bicyclic) bond motifs is 2. The van der Waals surface area contributed by atoms with E-state index in [1.807, 2.05) is 6.08 Å². The third-order valence-electron chi connectivity index (χ3n) is 6.79. The van der Waals surface area contributed by atoms with E-state index in [1.54, 1.807) is 37.3 Å². The molecule has 2 aliphatic rings. The fourth-order valence-electron chi connectivity index (χ4n) is 4.87. The van der Waals surface area contributed by atoms with Crippen LogP contribution in [0.1, 0.15) is 84.8 Å². The van der Waals surface area contributed by atoms with Gasteiger partial charge in [0.25, 0.3) is 0 Å². The summed E-state index contributed by atoms with van der Waals surface area (Å²) < 4.78 is 22.0. The van der Waals surface area contributed by atoms with Gasteiger partial charge in [-0.15, -0.1) is 0 Å². The number of allylic oxidation sites excluding steroid dienone is 1. The Morgan fingerprint density at radius 2 is 1.76 bits per heavy atom. The van der Waals surface area contributed by atoms with Crippen molar-refractivity contribution < 1.29 is 38.4 Å². The first-order chi connectivity index (χ1) is 17.8. The van der Waals surface area contributed by atoms with Crippen LogP contribution >= 0.6 is 0 Å². The zero-order valence-corrected chi connectivity index (χ0v) is 21.4. The summed E-state index contributed by atoms with van der Waals surface area (Å²) in [7, 11) is 3.05. The van der Waals surface area contributed by atoms with Crippen LogP contribution in [-0.4, -0.2) is 43.2 Å². The van der Waals surface area contributed by atoms with E-state index in [9.17, 15) is 19.5 Å². The predicted octanol–water partition coefficient (Wildman–Crippen LogP) is 5.33. The number of ether oxygens (including phenoxy) is 4. The Labute approximate surface area is 216 Å². The summed E-state index contributed by atoms with van der Waals surface area (Å²) in [5, 5.41) is 11.5. The minimum absolute atomic E-state index is 0.0237. The molecule has 0 spiro atoms. The first kappa shape index (κ1) is 26.3. The second-order valence-corrected chi connectivity index (χ2v) is 9.39. The zero-order chi connectivity index (χ0) is 26.5. The number of phenolic OH excluding ortho intramolecular Hbond substituents is 1. The molecular formula is C29H32O8. The molecule has 0 aliphatic carbocycles. The Morgan fingerprint density at radius 1 is 1.00 bits per heavy atom. The molecule has 8 nitrogen and oxygen atoms in total. The average Bonchev–Trinajstić information content (AvgIpc) is 2.86. The molecule has 0 saturated heterocycles. The van der Waals surface area contributed by atoms with Gasteiger partial charge in [0.1, 0.15) is 22.8 Å². The van der Waals surface area contributed by atoms with E-state index in [0.29, 0.717) is 66.7 Å². The molecule has 4 rings (SSSR count). The van der Waals surface area contributed by atoms with E-state index >= 15 is 0 Å². The number of carbonyl (C=O) groups excluding carboxylic acids is 3. The number of hydrogen-bond acceptors (Lipinski definition) is 8. The molecule has 196 valence electrons. The van der Waals surface area contributed by atoms with E-state index in [0.717, 1.165) is 0 Å². The van der Waals surface area contributed by atoms with Gasteiger partial charge in [-0.1, -0.05) is 18.2 Å². The average molecular weight is 509 g/mol. The summed E-state index contributed by atoms with van der Waals surface area (Å²) in [6.45, 7) is 1.77. The van der Waals surface area contributed by atoms with Crippen LogP contribution in [0, 0.1) is 0 Å². The molecule has 2 heterocycles. The van der Waals surface area contributed by atoms with Crippen molar-refractivity contribution in [3.8, 4) is 23.0 Å². The molecule has 1 N–H and O–H groups in total. The van der Waals surface area contributed by atoms with Crippen molar-refractivity contribution >= 4 is 23.8 Å². The van der Waals surface area contributed by atoms with Crippen LogP contribution in [0.15, 0.2) is 30.3 Å². The van der Waals surface area contributed by atoms with Gasteiger partial charge in [-0.05, 0) is 61.9 Å². The number of hydrogen-bond donors (Lipinski definition) is 1. The third kappa shape index (κ3) is 5.79. The molecule has 0 bridgehead atoms. The maximum atomic E-state index is 13.3. The van der Waals surface area contributed by atoms with Crippen LogP contribution in [0.2, 0.25) is 0 Å². The van der Waals surface area contributed by atoms with E-state index in [4.69, 9.17) is 18.9 Å². The van der Waals surface area contributed by atoms with Crippen LogP contribution in [0.25, 0.3) is 6.08 Å². The monoisotopic (exact) mass is 508 g/mol. The predicted molar refractivity (Wildman–Crippen MR) is 136 cm³/mol. The molecule has 2 aromatic carbocycles. The van der Waals surface area contributed by atoms with Crippen LogP contribution < -0.4 is 14.2 Å². The summed E-state index contributed by atoms with van der Waals surface area (Å²) >= 11 is 0. The highest BCUT2D eigenvalue weighted by molar-refractivity contribution is 5.98. The minimum atomic E-state index is -0.668. The van der Waals surface area contributed by atoms with Crippen LogP contribution in [0.4, 0.5) is 0 Å². The van der Waals surface area contributed by atoms with E-state index in [-0.39, 0.29) is 29.3 Å². The Morgan fingerprint density at radius 3 is 2.51 bits per heavy atom. The van der Waals surface area contributed by atoms with Crippen molar-refractivity contribution in [3.63, 3.8) is 0 Å². The van der Waals surface area contributed by atoms with Gasteiger partial charge in [0.05, 0.1) is 26.7 Å². The van der Waals surface area contributed by atoms with Gasteiger partial charge in [0.2, 0.25) is 0 Å². The van der Waals surface area contributed by atoms with E-state index < -0.39 is 24.0 Å². The number of benzene rings is 2. The van der Waals surface area contributed by atoms with Crippen molar-refractivity contribution in [1.29, 1.82) is 0 Å². The van der Waals surface area contributed by atoms with Crippen LogP contribution in [-0.2, 0) is 14.3 Å². The zero-order valence-electron chi connectivity index (χ0n) is 21.4. The second kappa shape index (κ2) is 11.5. The number of methoxy groups -OCH3 is 2. The highest BCUT2D eigenvalue weighted by atomic mass is 16.5. The lowest BCUT2D eigenvalue weighted by Gasteiger charge is -2.28. The van der Waals surface area contributed by atoms with Gasteiger partial charge in [0.15, 0.2) is 11.5 Å². The summed E-state index contributed by atoms with van der Waals surface area (Å²) in [6, 6.07) is 6.86. The van der Waals surface area contributed by atoms with Crippen molar-refractivity contribution in [2.24, 2.45) is 0 Å². The fraction of sp³-hybridized carbons (Fsp3) is 0.414. The molecule has 0 amide bonds. The molecule has 8 heteroatoms. The van der Waals surface area contributed by atoms with Crippen LogP contribution in [0.3, 0.4) is 0 Å². The lowest BCUT2D eigenvalue weighted by Crippen LogP contribution is -2.23. The summed E-state index contributed by atoms with van der Waals surface area (Å²) in [5.74, 6) is -0.572. The Balaban J connectivity index is 1.82. The van der Waals surface area contributed by atoms with Gasteiger partial charge >= 0.3 is 11.9 Å². The summed E-state index contributed by atoms with van der Waals surface area (Å²) in [4.78, 5) is 38.0. The van der Waals surface area contributed by atoms with Crippen molar-refractivity contribution in [2.75, 3.05) is 14.2 Å². The van der Waals surface area contributed by atoms with Gasteiger partial charge < -0.3 is 24.1 Å². The highest BCUT2D eigenvalue weighted by Gasteiger charge is 2.35. The number of esters is 2. The lowest BCUT2D eigenvalue weighted by molar-refractivity contribution is -0.135. The van der Waals surface area contributed by atoms with Crippen molar-refractivity contribution in [3.05, 3.63) is 52.6 Å². The number of ketones is 1. The molecule has 0 radical (unpaired) electrons. The Kier molecular flexibility index (Phi) is 8.16. The van der Waals surface area contributed by atoms with Gasteiger partial charge in [-0.25, -0.2) is 4.79 Å². The normalized spacial score (nSPS) is 20.7. The van der Waals surface area contributed by atoms with E-state index in [2.05, 4.69) is 0 Å². The first-order valence-electron chi connectivity index (χ1n) is 12.5. The number of carbonyl (C=O) groups is 3. The number of cyclic esters (lactones) is 1. The molecule has 0 aromatic heterocycles. The molecule has 0 saturated carbocycles. The molecule has 2 aromatic rings. The minimum Gasteiger partial charge on any atom is -0.507 e. The Bertz CT molecular complexity index is 1230. The standard InChI is InChI=1S/C29H32O8/c1-17-8-7-11-20(30)10-6-4-5-9-19-15-24-27(28(32)26(19)29(33)36-17)21(16-25(31)37-24)18-12-13-22(34-2)23(14-18)35-3/h5,9,12-15,17,21,32H,4,6-8,10-11,16H2,1-3H3/t17-,21-/m1/s1. The second-order valence-electron chi connectivity index (χ2n) is 9.39. The lowest BCUT2D eigenvalue weighted by atomic mass is 9.83. The quantitative estimate of drug-likeness (QED) is 0.438. The molecule has 2 atom stereocenters. The molecular weight excluding hydrogens is 476 g/mol. The van der Waals surface area contributed by atoms with Crippen molar-refractivity contribution in [2.45, 2.75) is 63.9 Å². The van der Waals surface area contributed by atoms with Crippen molar-refractivity contribution in [1.82, 2.24) is 0 Å².